The molecule has 0 heterocycles. The van der Waals surface area contributed by atoms with Crippen LogP contribution in [0.25, 0.3) is 0 Å². The van der Waals surface area contributed by atoms with Gasteiger partial charge in [0, 0.05) is 13.1 Å². The van der Waals surface area contributed by atoms with E-state index in [1.165, 1.54) is 24.1 Å². The predicted molar refractivity (Wildman–Crippen MR) is 158 cm³/mol. The first-order valence-corrected chi connectivity index (χ1v) is 14.9. The van der Waals surface area contributed by atoms with E-state index in [4.69, 9.17) is 4.74 Å². The zero-order valence-electron chi connectivity index (χ0n) is 23.9. The van der Waals surface area contributed by atoms with Gasteiger partial charge >= 0.3 is 0 Å². The molecule has 0 aromatic heterocycles. The highest BCUT2D eigenvalue weighted by atomic mass is 32.2. The summed E-state index contributed by atoms with van der Waals surface area (Å²) in [7, 11) is -2.59. The summed E-state index contributed by atoms with van der Waals surface area (Å²) in [4.78, 5) is 28.5. The lowest BCUT2D eigenvalue weighted by molar-refractivity contribution is -0.139. The molecule has 8 nitrogen and oxygen atoms in total. The molecule has 3 aromatic rings. The fourth-order valence-electron chi connectivity index (χ4n) is 4.12. The Morgan fingerprint density at radius 1 is 0.900 bits per heavy atom. The number of unbranched alkanes of at least 4 members (excludes halogenated alkanes) is 1. The van der Waals surface area contributed by atoms with E-state index in [0.29, 0.717) is 18.0 Å². The molecule has 0 unspecified atom stereocenters. The molecule has 40 heavy (non-hydrogen) atoms. The highest BCUT2D eigenvalue weighted by molar-refractivity contribution is 7.92. The second kappa shape index (κ2) is 14.0. The van der Waals surface area contributed by atoms with Gasteiger partial charge in [0.2, 0.25) is 11.8 Å². The second-order valence-corrected chi connectivity index (χ2v) is 11.7. The summed E-state index contributed by atoms with van der Waals surface area (Å²) in [5, 5.41) is 2.89. The maximum Gasteiger partial charge on any atom is 0.264 e. The standard InChI is InChI=1S/C31H39N3O5S/c1-6-7-20-32-31(36)25(4)33(21-26-12-8-23(2)9-13-26)30(35)22-34(27-14-16-28(39-5)17-15-27)40(37,38)29-18-10-24(3)11-19-29/h8-19,25H,6-7,20-22H2,1-5H3,(H,32,36)/t25-/m1/s1. The van der Waals surface area contributed by atoms with E-state index in [0.717, 1.165) is 33.8 Å². The molecule has 3 aromatic carbocycles. The number of carbonyl (C=O) groups excluding carboxylic acids is 2. The molecular formula is C31H39N3O5S. The minimum atomic E-state index is -4.12. The summed E-state index contributed by atoms with van der Waals surface area (Å²) in [5.74, 6) is -0.224. The summed E-state index contributed by atoms with van der Waals surface area (Å²) >= 11 is 0. The lowest BCUT2D eigenvalue weighted by Crippen LogP contribution is -2.51. The minimum Gasteiger partial charge on any atom is -0.497 e. The van der Waals surface area contributed by atoms with Gasteiger partial charge in [0.1, 0.15) is 18.3 Å². The lowest BCUT2D eigenvalue weighted by Gasteiger charge is -2.32. The number of nitrogens with one attached hydrogen (secondary N) is 1. The van der Waals surface area contributed by atoms with Crippen LogP contribution in [-0.4, -0.2) is 51.4 Å². The van der Waals surface area contributed by atoms with Crippen LogP contribution in [0.4, 0.5) is 5.69 Å². The molecule has 9 heteroatoms. The Bertz CT molecular complexity index is 1370. The van der Waals surface area contributed by atoms with Crippen molar-refractivity contribution in [2.45, 2.75) is 58.0 Å². The topological polar surface area (TPSA) is 96.0 Å². The fourth-order valence-corrected chi connectivity index (χ4v) is 5.54. The molecule has 1 atom stereocenters. The van der Waals surface area contributed by atoms with Gasteiger partial charge in [-0.3, -0.25) is 13.9 Å². The lowest BCUT2D eigenvalue weighted by atomic mass is 10.1. The molecule has 214 valence electrons. The Kier molecular flexibility index (Phi) is 10.7. The van der Waals surface area contributed by atoms with Crippen LogP contribution in [-0.2, 0) is 26.2 Å². The summed E-state index contributed by atoms with van der Waals surface area (Å²) in [6.07, 6.45) is 1.75. The summed E-state index contributed by atoms with van der Waals surface area (Å²) in [5.41, 5.74) is 3.13. The molecule has 0 aliphatic rings. The van der Waals surface area contributed by atoms with E-state index in [1.807, 2.05) is 45.0 Å². The summed E-state index contributed by atoms with van der Waals surface area (Å²) in [6, 6.07) is 19.8. The average Bonchev–Trinajstić information content (AvgIpc) is 2.95. The highest BCUT2D eigenvalue weighted by Gasteiger charge is 2.32. The maximum absolute atomic E-state index is 13.9. The minimum absolute atomic E-state index is 0.0668. The van der Waals surface area contributed by atoms with Gasteiger partial charge in [-0.05, 0) is 69.2 Å². The normalized spacial score (nSPS) is 11.9. The molecule has 0 saturated heterocycles. The van der Waals surface area contributed by atoms with Crippen molar-refractivity contribution < 1.29 is 22.7 Å². The van der Waals surface area contributed by atoms with Crippen LogP contribution >= 0.6 is 0 Å². The van der Waals surface area contributed by atoms with Crippen molar-refractivity contribution in [3.63, 3.8) is 0 Å². The van der Waals surface area contributed by atoms with E-state index < -0.39 is 28.5 Å². The molecule has 1 N–H and O–H groups in total. The predicted octanol–water partition coefficient (Wildman–Crippen LogP) is 4.84. The number of anilines is 1. The van der Waals surface area contributed by atoms with Gasteiger partial charge in [-0.15, -0.1) is 0 Å². The molecule has 0 aliphatic carbocycles. The molecule has 0 spiro atoms. The van der Waals surface area contributed by atoms with Crippen molar-refractivity contribution in [3.8, 4) is 5.75 Å². The molecule has 0 saturated carbocycles. The van der Waals surface area contributed by atoms with Crippen LogP contribution in [0.5, 0.6) is 5.75 Å². The molecule has 0 bridgehead atoms. The summed E-state index contributed by atoms with van der Waals surface area (Å²) in [6.45, 7) is 7.72. The SMILES string of the molecule is CCCCNC(=O)[C@@H](C)N(Cc1ccc(C)cc1)C(=O)CN(c1ccc(OC)cc1)S(=O)(=O)c1ccc(C)cc1. The molecule has 3 rings (SSSR count). The second-order valence-electron chi connectivity index (χ2n) is 9.85. The Labute approximate surface area is 238 Å². The molecule has 0 fully saturated rings. The number of amides is 2. The highest BCUT2D eigenvalue weighted by Crippen LogP contribution is 2.27. The van der Waals surface area contributed by atoms with Crippen molar-refractivity contribution in [2.75, 3.05) is 24.5 Å². The van der Waals surface area contributed by atoms with Crippen molar-refractivity contribution in [2.24, 2.45) is 0 Å². The largest absolute Gasteiger partial charge is 0.497 e. The van der Waals surface area contributed by atoms with E-state index in [2.05, 4.69) is 5.32 Å². The number of ether oxygens (including phenoxy) is 1. The van der Waals surface area contributed by atoms with Gasteiger partial charge in [-0.25, -0.2) is 8.42 Å². The van der Waals surface area contributed by atoms with Crippen LogP contribution in [0.2, 0.25) is 0 Å². The number of aryl methyl sites for hydroxylation is 2. The molecule has 0 aliphatic heterocycles. The van der Waals surface area contributed by atoms with Crippen LogP contribution in [0, 0.1) is 13.8 Å². The van der Waals surface area contributed by atoms with Gasteiger partial charge in [0.05, 0.1) is 17.7 Å². The third kappa shape index (κ3) is 7.85. The Morgan fingerprint density at radius 2 is 1.48 bits per heavy atom. The third-order valence-electron chi connectivity index (χ3n) is 6.72. The molecule has 2 amide bonds. The van der Waals surface area contributed by atoms with Gasteiger partial charge in [-0.1, -0.05) is 60.9 Å². The molecular weight excluding hydrogens is 526 g/mol. The maximum atomic E-state index is 13.9. The van der Waals surface area contributed by atoms with Gasteiger partial charge in [0.15, 0.2) is 0 Å². The quantitative estimate of drug-likeness (QED) is 0.299. The van der Waals surface area contributed by atoms with Gasteiger partial charge < -0.3 is 15.0 Å². The number of methoxy groups -OCH3 is 1. The number of carbonyl (C=O) groups is 2. The van der Waals surface area contributed by atoms with E-state index in [9.17, 15) is 18.0 Å². The fraction of sp³-hybridized carbons (Fsp3) is 0.355. The molecule has 0 radical (unpaired) electrons. The monoisotopic (exact) mass is 565 g/mol. The first-order valence-electron chi connectivity index (χ1n) is 13.4. The van der Waals surface area contributed by atoms with E-state index >= 15 is 0 Å². The zero-order chi connectivity index (χ0) is 29.3. The third-order valence-corrected chi connectivity index (χ3v) is 8.51. The van der Waals surface area contributed by atoms with E-state index in [-0.39, 0.29) is 17.3 Å². The Balaban J connectivity index is 1.99. The first-order chi connectivity index (χ1) is 19.1. The van der Waals surface area contributed by atoms with E-state index in [1.54, 1.807) is 43.3 Å². The number of hydrogen-bond donors (Lipinski definition) is 1. The Hall–Kier alpha value is -3.85. The van der Waals surface area contributed by atoms with Crippen molar-refractivity contribution in [1.82, 2.24) is 10.2 Å². The smallest absolute Gasteiger partial charge is 0.264 e. The number of sulfonamides is 1. The van der Waals surface area contributed by atoms with Crippen LogP contribution < -0.4 is 14.4 Å². The van der Waals surface area contributed by atoms with Crippen LogP contribution in [0.1, 0.15) is 43.4 Å². The van der Waals surface area contributed by atoms with Crippen LogP contribution in [0.3, 0.4) is 0 Å². The summed E-state index contributed by atoms with van der Waals surface area (Å²) < 4.78 is 34.1. The Morgan fingerprint density at radius 3 is 2.02 bits per heavy atom. The van der Waals surface area contributed by atoms with Crippen molar-refractivity contribution >= 4 is 27.5 Å². The van der Waals surface area contributed by atoms with Crippen LogP contribution in [0.15, 0.2) is 77.7 Å². The van der Waals surface area contributed by atoms with Gasteiger partial charge in [0.25, 0.3) is 10.0 Å². The van der Waals surface area contributed by atoms with Crippen molar-refractivity contribution in [1.29, 1.82) is 0 Å². The number of nitrogens with zero attached hydrogens (tertiary/aromatic N) is 2. The average molecular weight is 566 g/mol. The zero-order valence-corrected chi connectivity index (χ0v) is 24.7. The van der Waals surface area contributed by atoms with Gasteiger partial charge in [-0.2, -0.15) is 0 Å². The number of hydrogen-bond acceptors (Lipinski definition) is 5. The number of benzene rings is 3. The van der Waals surface area contributed by atoms with Crippen molar-refractivity contribution in [3.05, 3.63) is 89.5 Å². The number of rotatable bonds is 13. The first kappa shape index (κ1) is 30.7.